The van der Waals surface area contributed by atoms with Gasteiger partial charge in [0.2, 0.25) is 0 Å². The fourth-order valence-electron chi connectivity index (χ4n) is 6.19. The number of benzene rings is 1. The molecule has 0 saturated heterocycles. The topological polar surface area (TPSA) is 49.7 Å². The van der Waals surface area contributed by atoms with Crippen LogP contribution in [0.5, 0.6) is 11.5 Å². The lowest BCUT2D eigenvalue weighted by molar-refractivity contribution is -0.0227. The third kappa shape index (κ3) is 1.98. The molecule has 5 atom stereocenters. The average Bonchev–Trinajstić information content (AvgIpc) is 2.83. The minimum Gasteiger partial charge on any atom is -0.504 e. The van der Waals surface area contributed by atoms with Crippen molar-refractivity contribution in [1.29, 1.82) is 0 Å². The first-order valence-electron chi connectivity index (χ1n) is 9.04. The number of fused-ring (bicyclic) bond motifs is 5. The van der Waals surface area contributed by atoms with Crippen molar-refractivity contribution in [2.45, 2.75) is 64.4 Å². The van der Waals surface area contributed by atoms with Crippen LogP contribution in [0.3, 0.4) is 0 Å². The van der Waals surface area contributed by atoms with E-state index in [9.17, 15) is 10.2 Å². The summed E-state index contributed by atoms with van der Waals surface area (Å²) in [6.07, 6.45) is 6.51. The number of ether oxygens (including phenoxy) is 1. The highest BCUT2D eigenvalue weighted by Crippen LogP contribution is 2.61. The van der Waals surface area contributed by atoms with Crippen LogP contribution in [-0.2, 0) is 6.42 Å². The fourth-order valence-corrected chi connectivity index (χ4v) is 6.19. The van der Waals surface area contributed by atoms with E-state index in [-0.39, 0.29) is 17.3 Å². The third-order valence-corrected chi connectivity index (χ3v) is 7.34. The molecule has 126 valence electrons. The number of phenolic OH excluding ortho intramolecular Hbond substituents is 1. The molecule has 1 aromatic carbocycles. The lowest BCUT2D eigenvalue weighted by Crippen LogP contribution is -2.44. The predicted molar refractivity (Wildman–Crippen MR) is 90.0 cm³/mol. The van der Waals surface area contributed by atoms with Crippen molar-refractivity contribution in [3.05, 3.63) is 22.8 Å². The van der Waals surface area contributed by atoms with E-state index in [2.05, 4.69) is 13.8 Å². The summed E-state index contributed by atoms with van der Waals surface area (Å²) < 4.78 is 5.46. The van der Waals surface area contributed by atoms with Crippen LogP contribution in [0.4, 0.5) is 0 Å². The highest BCUT2D eigenvalue weighted by molar-refractivity contribution is 5.55. The number of rotatable bonds is 1. The second-order valence-electron chi connectivity index (χ2n) is 8.18. The molecule has 3 heteroatoms. The van der Waals surface area contributed by atoms with Crippen LogP contribution in [0, 0.1) is 24.2 Å². The molecule has 3 aliphatic rings. The van der Waals surface area contributed by atoms with E-state index in [1.807, 2.05) is 6.07 Å². The van der Waals surface area contributed by atoms with E-state index in [0.29, 0.717) is 23.5 Å². The third-order valence-electron chi connectivity index (χ3n) is 7.34. The van der Waals surface area contributed by atoms with Gasteiger partial charge in [0.25, 0.3) is 0 Å². The Hall–Kier alpha value is -1.22. The molecule has 3 aliphatic carbocycles. The molecule has 0 spiro atoms. The van der Waals surface area contributed by atoms with Crippen molar-refractivity contribution in [3.63, 3.8) is 0 Å². The molecule has 2 fully saturated rings. The van der Waals surface area contributed by atoms with E-state index < -0.39 is 0 Å². The van der Waals surface area contributed by atoms with Gasteiger partial charge in [0, 0.05) is 0 Å². The van der Waals surface area contributed by atoms with Crippen molar-refractivity contribution >= 4 is 0 Å². The average molecular weight is 316 g/mol. The summed E-state index contributed by atoms with van der Waals surface area (Å²) in [4.78, 5) is 0. The van der Waals surface area contributed by atoms with E-state index in [1.165, 1.54) is 24.0 Å². The zero-order chi connectivity index (χ0) is 16.4. The second-order valence-corrected chi connectivity index (χ2v) is 8.18. The standard InChI is InChI=1S/C20H28O3/c1-11-18-12(10-16(21)19(11)23-3)4-5-13-14(18)8-9-20(2)15(13)6-7-17(20)22/h10,13-15,17,21-22H,4-9H2,1-3H3/t13-,14+,15+,17+,20+/m1/s1. The van der Waals surface area contributed by atoms with Crippen molar-refractivity contribution in [1.82, 2.24) is 0 Å². The summed E-state index contributed by atoms with van der Waals surface area (Å²) in [5.41, 5.74) is 3.98. The van der Waals surface area contributed by atoms with Gasteiger partial charge in [0.15, 0.2) is 11.5 Å². The molecule has 0 radical (unpaired) electrons. The Bertz CT molecular complexity index is 638. The first kappa shape index (κ1) is 15.3. The predicted octanol–water partition coefficient (Wildman–Crippen LogP) is 3.93. The van der Waals surface area contributed by atoms with Crippen LogP contribution < -0.4 is 4.74 Å². The van der Waals surface area contributed by atoms with E-state index in [4.69, 9.17) is 4.74 Å². The van der Waals surface area contributed by atoms with Gasteiger partial charge in [-0.15, -0.1) is 0 Å². The molecule has 1 aromatic rings. The van der Waals surface area contributed by atoms with Crippen LogP contribution in [0.1, 0.15) is 61.6 Å². The normalized spacial score (nSPS) is 38.6. The molecule has 0 bridgehead atoms. The maximum atomic E-state index is 10.5. The Morgan fingerprint density at radius 3 is 2.74 bits per heavy atom. The number of aliphatic hydroxyl groups excluding tert-OH is 1. The maximum absolute atomic E-state index is 10.5. The molecule has 0 aromatic heterocycles. The molecule has 0 amide bonds. The Labute approximate surface area is 138 Å². The Morgan fingerprint density at radius 1 is 1.22 bits per heavy atom. The largest absolute Gasteiger partial charge is 0.504 e. The van der Waals surface area contributed by atoms with Crippen LogP contribution in [-0.4, -0.2) is 23.4 Å². The smallest absolute Gasteiger partial charge is 0.163 e. The Morgan fingerprint density at radius 2 is 2.00 bits per heavy atom. The van der Waals surface area contributed by atoms with Gasteiger partial charge < -0.3 is 14.9 Å². The van der Waals surface area contributed by atoms with E-state index in [1.54, 1.807) is 7.11 Å². The number of aryl methyl sites for hydroxylation is 1. The van der Waals surface area contributed by atoms with Crippen molar-refractivity contribution in [3.8, 4) is 11.5 Å². The van der Waals surface area contributed by atoms with Crippen molar-refractivity contribution < 1.29 is 14.9 Å². The number of aromatic hydroxyl groups is 1. The van der Waals surface area contributed by atoms with Gasteiger partial charge in [-0.3, -0.25) is 0 Å². The molecule has 2 saturated carbocycles. The van der Waals surface area contributed by atoms with Gasteiger partial charge >= 0.3 is 0 Å². The van der Waals surface area contributed by atoms with Crippen LogP contribution in [0.25, 0.3) is 0 Å². The molecule has 0 heterocycles. The fraction of sp³-hybridized carbons (Fsp3) is 0.700. The Balaban J connectivity index is 1.78. The zero-order valence-corrected chi connectivity index (χ0v) is 14.4. The van der Waals surface area contributed by atoms with E-state index >= 15 is 0 Å². The second kappa shape index (κ2) is 5.14. The summed E-state index contributed by atoms with van der Waals surface area (Å²) in [5.74, 6) is 2.80. The van der Waals surface area contributed by atoms with Gasteiger partial charge in [-0.05, 0) is 91.4 Å². The maximum Gasteiger partial charge on any atom is 0.163 e. The SMILES string of the molecule is COc1c(O)cc2c(c1C)[C@H]1CC[C@]3(C)[C@@H](O)CC[C@H]3[C@@H]1CC2. The molecular weight excluding hydrogens is 288 g/mol. The van der Waals surface area contributed by atoms with Crippen LogP contribution in [0.2, 0.25) is 0 Å². The number of phenols is 1. The monoisotopic (exact) mass is 316 g/mol. The van der Waals surface area contributed by atoms with E-state index in [0.717, 1.165) is 31.2 Å². The number of methoxy groups -OCH3 is 1. The highest BCUT2D eigenvalue weighted by Gasteiger charge is 2.54. The number of hydrogen-bond acceptors (Lipinski definition) is 3. The minimum absolute atomic E-state index is 0.119. The molecule has 3 nitrogen and oxygen atoms in total. The first-order chi connectivity index (χ1) is 11.0. The quantitative estimate of drug-likeness (QED) is 0.825. The first-order valence-corrected chi connectivity index (χ1v) is 9.04. The molecule has 4 rings (SSSR count). The van der Waals surface area contributed by atoms with Crippen molar-refractivity contribution in [2.75, 3.05) is 7.11 Å². The zero-order valence-electron chi connectivity index (χ0n) is 14.4. The van der Waals surface area contributed by atoms with Gasteiger partial charge in [-0.2, -0.15) is 0 Å². The number of hydrogen-bond donors (Lipinski definition) is 2. The molecular formula is C20H28O3. The molecule has 0 unspecified atom stereocenters. The summed E-state index contributed by atoms with van der Waals surface area (Å²) in [5, 5.41) is 20.7. The highest BCUT2D eigenvalue weighted by atomic mass is 16.5. The van der Waals surface area contributed by atoms with Gasteiger partial charge in [0.05, 0.1) is 13.2 Å². The Kier molecular flexibility index (Phi) is 3.42. The summed E-state index contributed by atoms with van der Waals surface area (Å²) >= 11 is 0. The molecule has 0 aliphatic heterocycles. The summed E-state index contributed by atoms with van der Waals surface area (Å²) in [6, 6.07) is 1.93. The van der Waals surface area contributed by atoms with Crippen LogP contribution in [0.15, 0.2) is 6.07 Å². The van der Waals surface area contributed by atoms with Gasteiger partial charge in [0.1, 0.15) is 0 Å². The van der Waals surface area contributed by atoms with Gasteiger partial charge in [-0.25, -0.2) is 0 Å². The number of aliphatic hydroxyl groups is 1. The minimum atomic E-state index is -0.120. The van der Waals surface area contributed by atoms with Crippen LogP contribution >= 0.6 is 0 Å². The lowest BCUT2D eigenvalue weighted by atomic mass is 9.55. The van der Waals surface area contributed by atoms with Crippen molar-refractivity contribution in [2.24, 2.45) is 17.3 Å². The molecule has 23 heavy (non-hydrogen) atoms. The van der Waals surface area contributed by atoms with Gasteiger partial charge in [-0.1, -0.05) is 6.92 Å². The molecule has 2 N–H and O–H groups in total. The summed E-state index contributed by atoms with van der Waals surface area (Å²) in [6.45, 7) is 4.41. The summed E-state index contributed by atoms with van der Waals surface area (Å²) in [7, 11) is 1.64. The lowest BCUT2D eigenvalue weighted by Gasteiger charge is -2.50.